The van der Waals surface area contributed by atoms with E-state index in [1.165, 1.54) is 18.2 Å². The Bertz CT molecular complexity index is 612. The molecule has 0 aliphatic heterocycles. The third-order valence-electron chi connectivity index (χ3n) is 3.39. The van der Waals surface area contributed by atoms with Crippen molar-refractivity contribution in [2.45, 2.75) is 36.0 Å². The first-order valence-electron chi connectivity index (χ1n) is 7.68. The molecule has 0 spiro atoms. The Balaban J connectivity index is 2.20. The van der Waals surface area contributed by atoms with Crippen molar-refractivity contribution in [1.82, 2.24) is 0 Å². The van der Waals surface area contributed by atoms with Crippen LogP contribution in [0.1, 0.15) is 30.9 Å². The first kappa shape index (κ1) is 16.8. The van der Waals surface area contributed by atoms with Crippen LogP contribution in [0.15, 0.2) is 60.7 Å². The second-order valence-electron chi connectivity index (χ2n) is 5.25. The van der Waals surface area contributed by atoms with Gasteiger partial charge in [0.25, 0.3) is 0 Å². The number of hydrogen-bond acceptors (Lipinski definition) is 1. The maximum atomic E-state index is 11.1. The van der Waals surface area contributed by atoms with Crippen molar-refractivity contribution < 1.29 is 5.11 Å². The molecule has 0 aromatic heterocycles. The number of unbranched alkanes of at least 4 members (excludes halogenated alkanes) is 1. The van der Waals surface area contributed by atoms with Crippen LogP contribution in [0.4, 0.5) is 0 Å². The molecule has 2 aromatic rings. The second-order valence-corrected chi connectivity index (χ2v) is 7.57. The van der Waals surface area contributed by atoms with Gasteiger partial charge in [-0.3, -0.25) is 0 Å². The van der Waals surface area contributed by atoms with Crippen LogP contribution in [0.25, 0.3) is 0 Å². The molecule has 2 rings (SSSR count). The van der Waals surface area contributed by atoms with Gasteiger partial charge in [-0.2, -0.15) is 0 Å². The molecule has 0 saturated heterocycles. The molecule has 0 heterocycles. The van der Waals surface area contributed by atoms with Gasteiger partial charge in [0.05, 0.1) is 0 Å². The van der Waals surface area contributed by atoms with Gasteiger partial charge in [-0.05, 0) is 0 Å². The van der Waals surface area contributed by atoms with E-state index in [0.717, 1.165) is 16.4 Å². The fraction of sp³-hybridized carbons (Fsp3) is 0.300. The standard InChI is InChI=1S/C20H22OSe/c1-2-3-16-22-17-20(21,19-12-8-5-9-13-19)15-14-18-10-6-4-7-11-18/h4-13,21H,2-3,16-17H2,1H3. The van der Waals surface area contributed by atoms with Crippen molar-refractivity contribution in [2.75, 3.05) is 0 Å². The summed E-state index contributed by atoms with van der Waals surface area (Å²) in [6.07, 6.45) is 2.44. The summed E-state index contributed by atoms with van der Waals surface area (Å²) in [6, 6.07) is 19.7. The van der Waals surface area contributed by atoms with Crippen molar-refractivity contribution >= 4 is 15.0 Å². The van der Waals surface area contributed by atoms with Gasteiger partial charge in [0.1, 0.15) is 0 Å². The molecular formula is C20H22OSe. The van der Waals surface area contributed by atoms with Crippen LogP contribution in [0.5, 0.6) is 0 Å². The second kappa shape index (κ2) is 8.81. The van der Waals surface area contributed by atoms with E-state index in [4.69, 9.17) is 0 Å². The summed E-state index contributed by atoms with van der Waals surface area (Å²) >= 11 is 0.409. The van der Waals surface area contributed by atoms with E-state index < -0.39 is 5.60 Å². The topological polar surface area (TPSA) is 20.2 Å². The Kier molecular flexibility index (Phi) is 6.74. The maximum absolute atomic E-state index is 11.1. The molecule has 1 nitrogen and oxygen atoms in total. The Morgan fingerprint density at radius 1 is 1.00 bits per heavy atom. The molecule has 22 heavy (non-hydrogen) atoms. The molecule has 0 radical (unpaired) electrons. The van der Waals surface area contributed by atoms with Crippen LogP contribution < -0.4 is 0 Å². The summed E-state index contributed by atoms with van der Waals surface area (Å²) in [5, 5.41) is 13.0. The molecule has 114 valence electrons. The van der Waals surface area contributed by atoms with Crippen LogP contribution in [0.3, 0.4) is 0 Å². The Morgan fingerprint density at radius 3 is 2.27 bits per heavy atom. The van der Waals surface area contributed by atoms with E-state index in [-0.39, 0.29) is 0 Å². The average Bonchev–Trinajstić information content (AvgIpc) is 2.59. The number of aliphatic hydroxyl groups is 1. The molecule has 2 heteroatoms. The summed E-state index contributed by atoms with van der Waals surface area (Å²) < 4.78 is 0. The average molecular weight is 357 g/mol. The SMILES string of the molecule is CCCC[Se]CC(O)(C#Cc1ccccc1)c1ccccc1. The van der Waals surface area contributed by atoms with Crippen LogP contribution in [0.2, 0.25) is 10.6 Å². The zero-order valence-electron chi connectivity index (χ0n) is 13.0. The minimum absolute atomic E-state index is 0.409. The first-order chi connectivity index (χ1) is 10.7. The van der Waals surface area contributed by atoms with E-state index in [9.17, 15) is 5.11 Å². The van der Waals surface area contributed by atoms with Crippen LogP contribution in [0, 0.1) is 11.8 Å². The van der Waals surface area contributed by atoms with Gasteiger partial charge in [0.2, 0.25) is 0 Å². The van der Waals surface area contributed by atoms with E-state index in [1.54, 1.807) is 0 Å². The molecule has 1 unspecified atom stereocenters. The Hall–Kier alpha value is -1.52. The monoisotopic (exact) mass is 358 g/mol. The summed E-state index contributed by atoms with van der Waals surface area (Å²) in [5.74, 6) is 6.26. The van der Waals surface area contributed by atoms with Crippen LogP contribution in [-0.4, -0.2) is 20.1 Å². The number of hydrogen-bond donors (Lipinski definition) is 1. The normalized spacial score (nSPS) is 13.0. The van der Waals surface area contributed by atoms with Gasteiger partial charge in [-0.25, -0.2) is 0 Å². The van der Waals surface area contributed by atoms with Gasteiger partial charge in [-0.1, -0.05) is 0 Å². The summed E-state index contributed by atoms with van der Waals surface area (Å²) in [4.78, 5) is 0. The molecule has 2 aromatic carbocycles. The third kappa shape index (κ3) is 5.04. The van der Waals surface area contributed by atoms with Gasteiger partial charge >= 0.3 is 140 Å². The third-order valence-corrected chi connectivity index (χ3v) is 5.91. The van der Waals surface area contributed by atoms with E-state index in [1.807, 2.05) is 60.7 Å². The molecule has 1 N–H and O–H groups in total. The molecule has 0 aliphatic carbocycles. The quantitative estimate of drug-likeness (QED) is 0.465. The van der Waals surface area contributed by atoms with E-state index >= 15 is 0 Å². The predicted molar refractivity (Wildman–Crippen MR) is 93.9 cm³/mol. The predicted octanol–water partition coefficient (Wildman–Crippen LogP) is 4.27. The number of benzene rings is 2. The molecular weight excluding hydrogens is 335 g/mol. The Labute approximate surface area is 139 Å². The van der Waals surface area contributed by atoms with E-state index in [2.05, 4.69) is 18.8 Å². The van der Waals surface area contributed by atoms with Crippen LogP contribution in [-0.2, 0) is 5.60 Å². The zero-order valence-corrected chi connectivity index (χ0v) is 14.7. The fourth-order valence-electron chi connectivity index (χ4n) is 2.07. The summed E-state index contributed by atoms with van der Waals surface area (Å²) in [6.45, 7) is 2.20. The number of rotatable bonds is 6. The van der Waals surface area contributed by atoms with Crippen molar-refractivity contribution in [3.8, 4) is 11.8 Å². The van der Waals surface area contributed by atoms with Gasteiger partial charge in [0, 0.05) is 0 Å². The summed E-state index contributed by atoms with van der Waals surface area (Å²) in [7, 11) is 0. The minimum atomic E-state index is -1.04. The van der Waals surface area contributed by atoms with Crippen molar-refractivity contribution in [3.05, 3.63) is 71.8 Å². The van der Waals surface area contributed by atoms with Gasteiger partial charge in [-0.15, -0.1) is 0 Å². The van der Waals surface area contributed by atoms with Crippen LogP contribution >= 0.6 is 0 Å². The van der Waals surface area contributed by atoms with E-state index in [0.29, 0.717) is 15.0 Å². The Morgan fingerprint density at radius 2 is 1.64 bits per heavy atom. The fourth-order valence-corrected chi connectivity index (χ4v) is 4.53. The zero-order chi connectivity index (χ0) is 15.7. The molecule has 0 bridgehead atoms. The van der Waals surface area contributed by atoms with Gasteiger partial charge in [0.15, 0.2) is 0 Å². The summed E-state index contributed by atoms with van der Waals surface area (Å²) in [5.41, 5.74) is 0.805. The molecule has 0 amide bonds. The molecule has 1 atom stereocenters. The van der Waals surface area contributed by atoms with Crippen molar-refractivity contribution in [1.29, 1.82) is 0 Å². The molecule has 0 fully saturated rings. The van der Waals surface area contributed by atoms with Crippen molar-refractivity contribution in [3.63, 3.8) is 0 Å². The van der Waals surface area contributed by atoms with Crippen molar-refractivity contribution in [2.24, 2.45) is 0 Å². The molecule has 0 aliphatic rings. The first-order valence-corrected chi connectivity index (χ1v) is 10.1. The molecule has 0 saturated carbocycles. The van der Waals surface area contributed by atoms with Gasteiger partial charge < -0.3 is 0 Å².